The van der Waals surface area contributed by atoms with Crippen molar-refractivity contribution in [1.82, 2.24) is 14.9 Å². The quantitative estimate of drug-likeness (QED) is 0.450. The molecule has 32 heavy (non-hydrogen) atoms. The lowest BCUT2D eigenvalue weighted by molar-refractivity contribution is -0.121. The van der Waals surface area contributed by atoms with Crippen molar-refractivity contribution in [2.75, 3.05) is 14.2 Å². The minimum atomic E-state index is -0.168. The molecule has 0 saturated heterocycles. The third-order valence-electron chi connectivity index (χ3n) is 5.68. The number of carbonyl (C=O) groups excluding carboxylic acids is 1. The van der Waals surface area contributed by atoms with Crippen LogP contribution in [0.15, 0.2) is 73.2 Å². The fraction of sp³-hybridized carbons (Fsp3) is 0.231. The zero-order valence-corrected chi connectivity index (χ0v) is 18.5. The number of fused-ring (bicyclic) bond motifs is 1. The Morgan fingerprint density at radius 3 is 2.50 bits per heavy atom. The predicted molar refractivity (Wildman–Crippen MR) is 125 cm³/mol. The molecule has 4 aromatic rings. The van der Waals surface area contributed by atoms with E-state index in [9.17, 15) is 4.79 Å². The van der Waals surface area contributed by atoms with E-state index in [0.717, 1.165) is 27.6 Å². The molecule has 0 bridgehead atoms. The number of benzene rings is 2. The number of nitrogens with one attached hydrogen (secondary N) is 1. The van der Waals surface area contributed by atoms with Gasteiger partial charge in [0.25, 0.3) is 0 Å². The Morgan fingerprint density at radius 2 is 1.81 bits per heavy atom. The molecule has 0 fully saturated rings. The maximum atomic E-state index is 13.0. The van der Waals surface area contributed by atoms with E-state index in [0.29, 0.717) is 24.5 Å². The summed E-state index contributed by atoms with van der Waals surface area (Å²) in [6, 6.07) is 17.8. The zero-order valence-electron chi connectivity index (χ0n) is 18.5. The number of hydrogen-bond acceptors (Lipinski definition) is 4. The predicted octanol–water partition coefficient (Wildman–Crippen LogP) is 4.43. The number of methoxy groups -OCH3 is 2. The first-order valence-electron chi connectivity index (χ1n) is 10.5. The summed E-state index contributed by atoms with van der Waals surface area (Å²) in [6.07, 6.45) is 5.88. The number of amides is 1. The molecule has 2 aromatic heterocycles. The number of aromatic nitrogens is 2. The monoisotopic (exact) mass is 429 g/mol. The zero-order chi connectivity index (χ0) is 22.5. The third kappa shape index (κ3) is 4.59. The molecule has 0 spiro atoms. The van der Waals surface area contributed by atoms with Crippen LogP contribution in [0.25, 0.3) is 10.9 Å². The highest BCUT2D eigenvalue weighted by atomic mass is 16.5. The van der Waals surface area contributed by atoms with Crippen molar-refractivity contribution in [3.05, 3.63) is 89.9 Å². The average molecular weight is 430 g/mol. The Balaban J connectivity index is 1.71. The molecule has 1 amide bonds. The highest BCUT2D eigenvalue weighted by Gasteiger charge is 2.23. The second kappa shape index (κ2) is 9.56. The van der Waals surface area contributed by atoms with E-state index in [1.165, 1.54) is 0 Å². The lowest BCUT2D eigenvalue weighted by Gasteiger charge is -2.19. The van der Waals surface area contributed by atoms with Gasteiger partial charge in [-0.3, -0.25) is 9.78 Å². The van der Waals surface area contributed by atoms with Gasteiger partial charge in [0.15, 0.2) is 0 Å². The second-order valence-corrected chi connectivity index (χ2v) is 7.75. The van der Waals surface area contributed by atoms with E-state index in [1.54, 1.807) is 26.6 Å². The fourth-order valence-corrected chi connectivity index (χ4v) is 4.05. The first kappa shape index (κ1) is 21.4. The number of para-hydroxylation sites is 1. The van der Waals surface area contributed by atoms with Crippen LogP contribution in [-0.2, 0) is 18.4 Å². The molecule has 0 aliphatic rings. The van der Waals surface area contributed by atoms with Crippen molar-refractivity contribution < 1.29 is 14.3 Å². The highest BCUT2D eigenvalue weighted by molar-refractivity contribution is 5.86. The molecule has 6 nitrogen and oxygen atoms in total. The number of pyridine rings is 1. The summed E-state index contributed by atoms with van der Waals surface area (Å²) < 4.78 is 13.1. The van der Waals surface area contributed by atoms with Gasteiger partial charge in [0.1, 0.15) is 11.5 Å². The van der Waals surface area contributed by atoms with E-state index < -0.39 is 0 Å². The van der Waals surface area contributed by atoms with E-state index in [1.807, 2.05) is 49.5 Å². The Morgan fingerprint density at radius 1 is 1.06 bits per heavy atom. The summed E-state index contributed by atoms with van der Waals surface area (Å²) in [4.78, 5) is 17.1. The van der Waals surface area contributed by atoms with Crippen LogP contribution < -0.4 is 14.8 Å². The number of ether oxygens (including phenoxy) is 2. The van der Waals surface area contributed by atoms with Crippen LogP contribution >= 0.6 is 0 Å². The first-order chi connectivity index (χ1) is 15.6. The van der Waals surface area contributed by atoms with Crippen molar-refractivity contribution in [2.45, 2.75) is 18.9 Å². The fourth-order valence-electron chi connectivity index (χ4n) is 4.05. The second-order valence-electron chi connectivity index (χ2n) is 7.75. The standard InChI is InChI=1S/C26H27N3O3/c1-29-17-24(22-8-4-5-9-25(22)29)23(19-11-20(31-2)13-21(12-19)32-3)14-26(30)28-16-18-7-6-10-27-15-18/h4-13,15,17,23H,14,16H2,1-3H3,(H,28,30). The van der Waals surface area contributed by atoms with Crippen LogP contribution in [-0.4, -0.2) is 29.7 Å². The normalized spacial score (nSPS) is 11.8. The summed E-state index contributed by atoms with van der Waals surface area (Å²) in [5, 5.41) is 4.16. The molecule has 2 aromatic carbocycles. The number of nitrogens with zero attached hydrogens (tertiary/aromatic N) is 2. The van der Waals surface area contributed by atoms with Crippen molar-refractivity contribution in [2.24, 2.45) is 7.05 Å². The van der Waals surface area contributed by atoms with Gasteiger partial charge in [-0.15, -0.1) is 0 Å². The number of hydrogen-bond donors (Lipinski definition) is 1. The van der Waals surface area contributed by atoms with E-state index in [-0.39, 0.29) is 11.8 Å². The van der Waals surface area contributed by atoms with Crippen LogP contribution in [0.1, 0.15) is 29.0 Å². The SMILES string of the molecule is COc1cc(OC)cc(C(CC(=O)NCc2cccnc2)c2cn(C)c3ccccc23)c1. The number of aryl methyl sites for hydroxylation is 1. The van der Waals surface area contributed by atoms with Gasteiger partial charge in [0.05, 0.1) is 14.2 Å². The van der Waals surface area contributed by atoms with Crippen LogP contribution in [0, 0.1) is 0 Å². The maximum Gasteiger partial charge on any atom is 0.221 e. The third-order valence-corrected chi connectivity index (χ3v) is 5.68. The Bertz CT molecular complexity index is 1200. The molecule has 0 radical (unpaired) electrons. The molecule has 0 aliphatic heterocycles. The molecule has 4 rings (SSSR count). The van der Waals surface area contributed by atoms with Gasteiger partial charge in [-0.2, -0.15) is 0 Å². The van der Waals surface area contributed by atoms with Crippen molar-refractivity contribution in [3.8, 4) is 11.5 Å². The lowest BCUT2D eigenvalue weighted by Crippen LogP contribution is -2.25. The van der Waals surface area contributed by atoms with Crippen LogP contribution in [0.4, 0.5) is 0 Å². The maximum absolute atomic E-state index is 13.0. The molecule has 0 aliphatic carbocycles. The lowest BCUT2D eigenvalue weighted by atomic mass is 9.87. The molecular formula is C26H27N3O3. The van der Waals surface area contributed by atoms with Crippen molar-refractivity contribution in [3.63, 3.8) is 0 Å². The van der Waals surface area contributed by atoms with Gasteiger partial charge in [-0.25, -0.2) is 0 Å². The molecule has 1 atom stereocenters. The number of carbonyl (C=O) groups is 1. The van der Waals surface area contributed by atoms with Crippen molar-refractivity contribution >= 4 is 16.8 Å². The molecular weight excluding hydrogens is 402 g/mol. The van der Waals surface area contributed by atoms with Gasteiger partial charge < -0.3 is 19.4 Å². The molecule has 6 heteroatoms. The summed E-state index contributed by atoms with van der Waals surface area (Å²) in [5.74, 6) is 1.19. The highest BCUT2D eigenvalue weighted by Crippen LogP contribution is 2.37. The van der Waals surface area contributed by atoms with Crippen LogP contribution in [0.2, 0.25) is 0 Å². The minimum Gasteiger partial charge on any atom is -0.497 e. The van der Waals surface area contributed by atoms with Gasteiger partial charge in [-0.05, 0) is 41.0 Å². The van der Waals surface area contributed by atoms with Crippen molar-refractivity contribution in [1.29, 1.82) is 0 Å². The van der Waals surface area contributed by atoms with E-state index in [4.69, 9.17) is 9.47 Å². The average Bonchev–Trinajstić information content (AvgIpc) is 3.17. The minimum absolute atomic E-state index is 0.0337. The Labute approximate surface area is 187 Å². The first-order valence-corrected chi connectivity index (χ1v) is 10.5. The Kier molecular flexibility index (Phi) is 6.40. The van der Waals surface area contributed by atoms with Crippen LogP contribution in [0.3, 0.4) is 0 Å². The van der Waals surface area contributed by atoms with E-state index >= 15 is 0 Å². The molecule has 1 N–H and O–H groups in total. The van der Waals surface area contributed by atoms with Gasteiger partial charge >= 0.3 is 0 Å². The smallest absolute Gasteiger partial charge is 0.221 e. The van der Waals surface area contributed by atoms with Gasteiger partial charge in [-0.1, -0.05) is 24.3 Å². The largest absolute Gasteiger partial charge is 0.497 e. The molecule has 0 saturated carbocycles. The summed E-state index contributed by atoms with van der Waals surface area (Å²) in [6.45, 7) is 0.441. The van der Waals surface area contributed by atoms with E-state index in [2.05, 4.69) is 33.2 Å². The van der Waals surface area contributed by atoms with Gasteiger partial charge in [0.2, 0.25) is 5.91 Å². The molecule has 2 heterocycles. The topological polar surface area (TPSA) is 65.4 Å². The summed E-state index contributed by atoms with van der Waals surface area (Å²) in [7, 11) is 5.29. The van der Waals surface area contributed by atoms with Crippen LogP contribution in [0.5, 0.6) is 11.5 Å². The summed E-state index contributed by atoms with van der Waals surface area (Å²) >= 11 is 0. The molecule has 1 unspecified atom stereocenters. The Hall–Kier alpha value is -3.80. The van der Waals surface area contributed by atoms with Gasteiger partial charge in [0, 0.05) is 61.5 Å². The summed E-state index contributed by atoms with van der Waals surface area (Å²) in [5.41, 5.74) is 4.15. The molecule has 164 valence electrons. The number of rotatable bonds is 8.